The topological polar surface area (TPSA) is 128 Å². The molecule has 3 aromatic heterocycles. The fourth-order valence-corrected chi connectivity index (χ4v) is 5.37. The SMILES string of the molecule is CC#CC(=O)N1CC2(CC2)C[C@H]1c1nc(-c2ccc(C(=O)Nc3cc(OC)ccn3)cc2F)c2c(N)nccn12. The van der Waals surface area contributed by atoms with Crippen molar-refractivity contribution in [2.24, 2.45) is 5.41 Å². The molecule has 6 rings (SSSR count). The first kappa shape index (κ1) is 25.3. The molecule has 1 aliphatic carbocycles. The van der Waals surface area contributed by atoms with Gasteiger partial charge in [-0.05, 0) is 61.8 Å². The number of imidazole rings is 1. The summed E-state index contributed by atoms with van der Waals surface area (Å²) >= 11 is 0. The predicted molar refractivity (Wildman–Crippen MR) is 146 cm³/mol. The number of carbonyl (C=O) groups excluding carboxylic acids is 2. The summed E-state index contributed by atoms with van der Waals surface area (Å²) < 4.78 is 22.6. The van der Waals surface area contributed by atoms with E-state index in [0.29, 0.717) is 23.6 Å². The van der Waals surface area contributed by atoms with Gasteiger partial charge in [-0.25, -0.2) is 19.3 Å². The predicted octanol–water partition coefficient (Wildman–Crippen LogP) is 3.85. The highest BCUT2D eigenvalue weighted by Crippen LogP contribution is 2.58. The minimum Gasteiger partial charge on any atom is -0.497 e. The van der Waals surface area contributed by atoms with Crippen molar-refractivity contribution in [1.29, 1.82) is 0 Å². The van der Waals surface area contributed by atoms with Gasteiger partial charge in [0.05, 0.1) is 13.2 Å². The Morgan fingerprint density at radius 1 is 1.20 bits per heavy atom. The molecule has 1 spiro atoms. The molecule has 10 nitrogen and oxygen atoms in total. The number of fused-ring (bicyclic) bond motifs is 1. The molecule has 1 saturated carbocycles. The summed E-state index contributed by atoms with van der Waals surface area (Å²) in [6.45, 7) is 2.24. The van der Waals surface area contributed by atoms with Crippen LogP contribution in [0.4, 0.5) is 16.0 Å². The number of nitrogen functional groups attached to an aromatic ring is 1. The number of aromatic nitrogens is 4. The first-order chi connectivity index (χ1) is 19.3. The standard InChI is InChI=1S/C29H26FN7O3/c1-3-4-23(38)37-16-29(8-9-29)15-21(37)27-35-24(25-26(31)33-11-12-36(25)27)19-6-5-17(13-20(19)30)28(39)34-22-14-18(40-2)7-10-32-22/h5-7,10-14,21H,8-9,15-16H2,1-2H3,(H2,31,33)(H,32,34,39)/t21-/m0/s1. The number of rotatable bonds is 5. The lowest BCUT2D eigenvalue weighted by molar-refractivity contribution is -0.126. The highest BCUT2D eigenvalue weighted by atomic mass is 19.1. The average molecular weight is 540 g/mol. The Hall–Kier alpha value is -4.98. The number of nitrogens with two attached hydrogens (primary N) is 1. The van der Waals surface area contributed by atoms with Crippen LogP contribution in [0.5, 0.6) is 5.75 Å². The van der Waals surface area contributed by atoms with E-state index in [1.54, 1.807) is 40.8 Å². The van der Waals surface area contributed by atoms with E-state index < -0.39 is 11.7 Å². The largest absolute Gasteiger partial charge is 0.497 e. The van der Waals surface area contributed by atoms with Gasteiger partial charge in [0.15, 0.2) is 0 Å². The minimum absolute atomic E-state index is 0.0677. The normalized spacial score (nSPS) is 17.0. The number of hydrogen-bond donors (Lipinski definition) is 2. The average Bonchev–Trinajstić information content (AvgIpc) is 3.43. The Labute approximate surface area is 229 Å². The van der Waals surface area contributed by atoms with E-state index in [1.165, 1.54) is 25.4 Å². The second-order valence-corrected chi connectivity index (χ2v) is 10.1. The second-order valence-electron chi connectivity index (χ2n) is 10.1. The van der Waals surface area contributed by atoms with Crippen LogP contribution in [0.3, 0.4) is 0 Å². The lowest BCUT2D eigenvalue weighted by Gasteiger charge is -2.21. The van der Waals surface area contributed by atoms with Crippen molar-refractivity contribution in [3.05, 3.63) is 66.1 Å². The molecule has 4 heterocycles. The van der Waals surface area contributed by atoms with Gasteiger partial charge in [-0.1, -0.05) is 5.92 Å². The highest BCUT2D eigenvalue weighted by Gasteiger charge is 2.54. The van der Waals surface area contributed by atoms with Gasteiger partial charge in [0.25, 0.3) is 11.8 Å². The van der Waals surface area contributed by atoms with E-state index in [-0.39, 0.29) is 45.8 Å². The summed E-state index contributed by atoms with van der Waals surface area (Å²) in [4.78, 5) is 40.6. The second kappa shape index (κ2) is 9.64. The molecule has 3 N–H and O–H groups in total. The third-order valence-corrected chi connectivity index (χ3v) is 7.56. The van der Waals surface area contributed by atoms with Crippen molar-refractivity contribution in [2.45, 2.75) is 32.2 Å². The molecule has 1 saturated heterocycles. The number of methoxy groups -OCH3 is 1. The number of benzene rings is 1. The van der Waals surface area contributed by atoms with Crippen molar-refractivity contribution in [2.75, 3.05) is 24.7 Å². The molecule has 2 aliphatic rings. The summed E-state index contributed by atoms with van der Waals surface area (Å²) in [6, 6.07) is 7.01. The van der Waals surface area contributed by atoms with Gasteiger partial charge in [0.2, 0.25) is 0 Å². The van der Waals surface area contributed by atoms with Gasteiger partial charge in [-0.15, -0.1) is 0 Å². The van der Waals surface area contributed by atoms with Gasteiger partial charge in [-0.3, -0.25) is 14.0 Å². The van der Waals surface area contributed by atoms with E-state index >= 15 is 4.39 Å². The minimum atomic E-state index is -0.657. The molecule has 11 heteroatoms. The summed E-state index contributed by atoms with van der Waals surface area (Å²) in [5, 5.41) is 2.64. The van der Waals surface area contributed by atoms with E-state index in [2.05, 4.69) is 27.1 Å². The molecule has 1 aliphatic heterocycles. The molecule has 1 aromatic carbocycles. The Kier molecular flexibility index (Phi) is 6.10. The lowest BCUT2D eigenvalue weighted by atomic mass is 10.0. The Bertz CT molecular complexity index is 1730. The monoisotopic (exact) mass is 539 g/mol. The van der Waals surface area contributed by atoms with Crippen molar-refractivity contribution in [1.82, 2.24) is 24.3 Å². The molecular formula is C29H26FN7O3. The Balaban J connectivity index is 1.38. The van der Waals surface area contributed by atoms with Crippen molar-refractivity contribution >= 4 is 29.0 Å². The molecule has 0 bridgehead atoms. The van der Waals surface area contributed by atoms with E-state index in [1.807, 2.05) is 0 Å². The zero-order valence-electron chi connectivity index (χ0n) is 21.9. The number of amides is 2. The smallest absolute Gasteiger partial charge is 0.299 e. The molecule has 0 unspecified atom stereocenters. The number of ether oxygens (including phenoxy) is 1. The van der Waals surface area contributed by atoms with Crippen molar-refractivity contribution in [3.63, 3.8) is 0 Å². The van der Waals surface area contributed by atoms with E-state index in [9.17, 15) is 9.59 Å². The van der Waals surface area contributed by atoms with Crippen LogP contribution in [-0.4, -0.2) is 49.7 Å². The summed E-state index contributed by atoms with van der Waals surface area (Å²) in [6.07, 6.45) is 7.58. The Morgan fingerprint density at radius 3 is 2.75 bits per heavy atom. The Morgan fingerprint density at radius 2 is 2.02 bits per heavy atom. The van der Waals surface area contributed by atoms with Crippen molar-refractivity contribution in [3.8, 4) is 28.8 Å². The summed E-state index contributed by atoms with van der Waals surface area (Å²) in [5.74, 6) is 5.44. The fraction of sp³-hybridized carbons (Fsp3) is 0.276. The maximum Gasteiger partial charge on any atom is 0.299 e. The number of carbonyl (C=O) groups is 2. The fourth-order valence-electron chi connectivity index (χ4n) is 5.37. The highest BCUT2D eigenvalue weighted by molar-refractivity contribution is 6.04. The molecule has 4 aromatic rings. The summed E-state index contributed by atoms with van der Waals surface area (Å²) in [7, 11) is 1.51. The summed E-state index contributed by atoms with van der Waals surface area (Å²) in [5.41, 5.74) is 7.31. The third-order valence-electron chi connectivity index (χ3n) is 7.56. The van der Waals surface area contributed by atoms with Gasteiger partial charge in [-0.2, -0.15) is 0 Å². The van der Waals surface area contributed by atoms with Crippen LogP contribution in [0.2, 0.25) is 0 Å². The van der Waals surface area contributed by atoms with Gasteiger partial charge in [0.1, 0.15) is 40.2 Å². The van der Waals surface area contributed by atoms with Crippen LogP contribution in [0.1, 0.15) is 48.4 Å². The van der Waals surface area contributed by atoms with E-state index in [4.69, 9.17) is 15.5 Å². The molecule has 40 heavy (non-hydrogen) atoms. The molecule has 202 valence electrons. The zero-order chi connectivity index (χ0) is 28.0. The molecule has 1 atom stereocenters. The lowest BCUT2D eigenvalue weighted by Crippen LogP contribution is -2.31. The quantitative estimate of drug-likeness (QED) is 0.369. The number of hydrogen-bond acceptors (Lipinski definition) is 7. The maximum atomic E-state index is 15.6. The van der Waals surface area contributed by atoms with Gasteiger partial charge < -0.3 is 20.7 Å². The van der Waals surface area contributed by atoms with Crippen LogP contribution in [-0.2, 0) is 4.79 Å². The molecule has 2 amide bonds. The van der Waals surface area contributed by atoms with Crippen LogP contribution in [0.15, 0.2) is 48.9 Å². The zero-order valence-corrected chi connectivity index (χ0v) is 21.9. The van der Waals surface area contributed by atoms with Gasteiger partial charge in [0, 0.05) is 42.3 Å². The first-order valence-corrected chi connectivity index (χ1v) is 12.8. The number of nitrogens with one attached hydrogen (secondary N) is 1. The van der Waals surface area contributed by atoms with Crippen molar-refractivity contribution < 1.29 is 18.7 Å². The number of halogens is 1. The molecule has 2 fully saturated rings. The third kappa shape index (κ3) is 4.37. The maximum absolute atomic E-state index is 15.6. The van der Waals surface area contributed by atoms with Gasteiger partial charge >= 0.3 is 0 Å². The number of nitrogens with zero attached hydrogens (tertiary/aromatic N) is 5. The van der Waals surface area contributed by atoms with Crippen LogP contribution in [0, 0.1) is 23.1 Å². The van der Waals surface area contributed by atoms with Crippen LogP contribution < -0.4 is 15.8 Å². The number of pyridine rings is 1. The van der Waals surface area contributed by atoms with E-state index in [0.717, 1.165) is 25.3 Å². The first-order valence-electron chi connectivity index (χ1n) is 12.8. The number of anilines is 2. The van der Waals surface area contributed by atoms with Crippen LogP contribution >= 0.6 is 0 Å². The van der Waals surface area contributed by atoms with Crippen LogP contribution in [0.25, 0.3) is 16.8 Å². The molecular weight excluding hydrogens is 513 g/mol. The molecule has 0 radical (unpaired) electrons. The number of likely N-dealkylation sites (tertiary alicyclic amines) is 1.